The number of hydrogen-bond acceptors (Lipinski definition) is 2. The molecule has 0 aromatic heterocycles. The predicted octanol–water partition coefficient (Wildman–Crippen LogP) is 2.71. The van der Waals surface area contributed by atoms with Crippen molar-refractivity contribution in [3.05, 3.63) is 54.1 Å². The third-order valence-electron chi connectivity index (χ3n) is 3.08. The van der Waals surface area contributed by atoms with Crippen molar-refractivity contribution >= 4 is 17.6 Å². The molecule has 2 aromatic carbocycles. The molecule has 4 nitrogen and oxygen atoms in total. The molecule has 4 heteroatoms. The van der Waals surface area contributed by atoms with Crippen molar-refractivity contribution < 1.29 is 14.7 Å². The lowest BCUT2D eigenvalue weighted by Crippen LogP contribution is -2.33. The highest BCUT2D eigenvalue weighted by atomic mass is 16.4. The van der Waals surface area contributed by atoms with Crippen molar-refractivity contribution in [1.29, 1.82) is 0 Å². The summed E-state index contributed by atoms with van der Waals surface area (Å²) in [4.78, 5) is 23.6. The quantitative estimate of drug-likeness (QED) is 0.853. The molecule has 0 aliphatic rings. The summed E-state index contributed by atoms with van der Waals surface area (Å²) in [5, 5.41) is 8.83. The van der Waals surface area contributed by atoms with Crippen LogP contribution in [0.2, 0.25) is 0 Å². The molecule has 0 fully saturated rings. The summed E-state index contributed by atoms with van der Waals surface area (Å²) in [6.07, 6.45) is 0. The number of likely N-dealkylation sites (N-methyl/N-ethyl adjacent to an activating group) is 1. The molecule has 0 saturated heterocycles. The Kier molecular flexibility index (Phi) is 3.84. The van der Waals surface area contributed by atoms with Gasteiger partial charge >= 0.3 is 11.9 Å². The van der Waals surface area contributed by atoms with Crippen LogP contribution in [0.3, 0.4) is 0 Å². The number of para-hydroxylation sites is 1. The minimum Gasteiger partial charge on any atom is -0.474 e. The van der Waals surface area contributed by atoms with Gasteiger partial charge in [-0.05, 0) is 18.6 Å². The first kappa shape index (κ1) is 13.8. The van der Waals surface area contributed by atoms with E-state index in [1.165, 1.54) is 7.05 Å². The molecule has 0 atom stereocenters. The SMILES string of the molecule is Cc1cccc(-c2ccccc2N(C)C(=O)C(=O)O)c1. The summed E-state index contributed by atoms with van der Waals surface area (Å²) in [5.74, 6) is -2.42. The van der Waals surface area contributed by atoms with Gasteiger partial charge in [0, 0.05) is 12.6 Å². The number of aryl methyl sites for hydroxylation is 1. The van der Waals surface area contributed by atoms with Crippen LogP contribution in [0.15, 0.2) is 48.5 Å². The second kappa shape index (κ2) is 5.57. The number of carboxylic acid groups (broad SMARTS) is 1. The first-order valence-corrected chi connectivity index (χ1v) is 6.17. The van der Waals surface area contributed by atoms with Gasteiger partial charge in [-0.25, -0.2) is 4.79 Å². The van der Waals surface area contributed by atoms with Crippen molar-refractivity contribution in [2.75, 3.05) is 11.9 Å². The van der Waals surface area contributed by atoms with Gasteiger partial charge in [-0.15, -0.1) is 0 Å². The van der Waals surface area contributed by atoms with E-state index < -0.39 is 11.9 Å². The van der Waals surface area contributed by atoms with E-state index in [1.54, 1.807) is 12.1 Å². The van der Waals surface area contributed by atoms with E-state index in [2.05, 4.69) is 0 Å². The normalized spacial score (nSPS) is 10.1. The van der Waals surface area contributed by atoms with E-state index in [4.69, 9.17) is 5.11 Å². The van der Waals surface area contributed by atoms with Crippen LogP contribution in [0.25, 0.3) is 11.1 Å². The van der Waals surface area contributed by atoms with Gasteiger partial charge in [-0.1, -0.05) is 48.0 Å². The fourth-order valence-corrected chi connectivity index (χ4v) is 2.08. The average Bonchev–Trinajstić information content (AvgIpc) is 2.45. The number of benzene rings is 2. The Morgan fingerprint density at radius 3 is 2.40 bits per heavy atom. The lowest BCUT2D eigenvalue weighted by atomic mass is 10.0. The molecule has 0 spiro atoms. The number of nitrogens with zero attached hydrogens (tertiary/aromatic N) is 1. The molecule has 0 saturated carbocycles. The highest BCUT2D eigenvalue weighted by Gasteiger charge is 2.20. The summed E-state index contributed by atoms with van der Waals surface area (Å²) in [6, 6.07) is 15.1. The zero-order chi connectivity index (χ0) is 14.7. The molecule has 1 amide bonds. The largest absolute Gasteiger partial charge is 0.474 e. The Morgan fingerprint density at radius 2 is 1.75 bits per heavy atom. The van der Waals surface area contributed by atoms with Gasteiger partial charge in [0.25, 0.3) is 0 Å². The monoisotopic (exact) mass is 269 g/mol. The van der Waals surface area contributed by atoms with Gasteiger partial charge in [0.1, 0.15) is 0 Å². The third kappa shape index (κ3) is 2.69. The van der Waals surface area contributed by atoms with E-state index in [0.717, 1.165) is 21.6 Å². The summed E-state index contributed by atoms with van der Waals surface area (Å²) < 4.78 is 0. The van der Waals surface area contributed by atoms with Crippen LogP contribution in [0, 0.1) is 6.92 Å². The number of anilines is 1. The molecule has 2 rings (SSSR count). The predicted molar refractivity (Wildman–Crippen MR) is 77.7 cm³/mol. The number of carboxylic acids is 1. The van der Waals surface area contributed by atoms with Crippen molar-refractivity contribution in [2.45, 2.75) is 6.92 Å². The molecular weight excluding hydrogens is 254 g/mol. The zero-order valence-electron chi connectivity index (χ0n) is 11.3. The lowest BCUT2D eigenvalue weighted by molar-refractivity contribution is -0.148. The van der Waals surface area contributed by atoms with Crippen LogP contribution in [0.1, 0.15) is 5.56 Å². The maximum Gasteiger partial charge on any atom is 0.394 e. The number of carbonyl (C=O) groups is 2. The van der Waals surface area contributed by atoms with Crippen LogP contribution in [0.4, 0.5) is 5.69 Å². The molecule has 0 aliphatic heterocycles. The highest BCUT2D eigenvalue weighted by molar-refractivity contribution is 6.37. The number of rotatable bonds is 2. The average molecular weight is 269 g/mol. The van der Waals surface area contributed by atoms with Crippen LogP contribution in [-0.2, 0) is 9.59 Å². The first-order valence-electron chi connectivity index (χ1n) is 6.17. The fraction of sp³-hybridized carbons (Fsp3) is 0.125. The number of carbonyl (C=O) groups excluding carboxylic acids is 1. The van der Waals surface area contributed by atoms with E-state index in [0.29, 0.717) is 5.69 Å². The van der Waals surface area contributed by atoms with Crippen molar-refractivity contribution in [3.63, 3.8) is 0 Å². The first-order chi connectivity index (χ1) is 9.50. The maximum atomic E-state index is 11.6. The number of aliphatic carboxylic acids is 1. The van der Waals surface area contributed by atoms with E-state index in [1.807, 2.05) is 43.3 Å². The van der Waals surface area contributed by atoms with Crippen LogP contribution < -0.4 is 4.90 Å². The van der Waals surface area contributed by atoms with Gasteiger partial charge in [0.05, 0.1) is 5.69 Å². The Hall–Kier alpha value is -2.62. The third-order valence-corrected chi connectivity index (χ3v) is 3.08. The Bertz CT molecular complexity index is 664. The molecule has 0 bridgehead atoms. The zero-order valence-corrected chi connectivity index (χ0v) is 11.3. The van der Waals surface area contributed by atoms with Gasteiger partial charge in [-0.2, -0.15) is 0 Å². The molecular formula is C16H15NO3. The Labute approximate surface area is 117 Å². The molecule has 0 unspecified atom stereocenters. The Morgan fingerprint density at radius 1 is 1.05 bits per heavy atom. The molecule has 1 N–H and O–H groups in total. The van der Waals surface area contributed by atoms with E-state index >= 15 is 0 Å². The van der Waals surface area contributed by atoms with Crippen LogP contribution in [0.5, 0.6) is 0 Å². The number of amides is 1. The summed E-state index contributed by atoms with van der Waals surface area (Å²) in [7, 11) is 1.46. The molecule has 0 radical (unpaired) electrons. The van der Waals surface area contributed by atoms with E-state index in [-0.39, 0.29) is 0 Å². The second-order valence-electron chi connectivity index (χ2n) is 4.56. The maximum absolute atomic E-state index is 11.6. The van der Waals surface area contributed by atoms with Gasteiger partial charge in [0.15, 0.2) is 0 Å². The minimum atomic E-state index is -1.47. The summed E-state index contributed by atoms with van der Waals surface area (Å²) in [5.41, 5.74) is 3.45. The van der Waals surface area contributed by atoms with Crippen molar-refractivity contribution in [2.24, 2.45) is 0 Å². The van der Waals surface area contributed by atoms with Gasteiger partial charge in [0.2, 0.25) is 0 Å². The fourth-order valence-electron chi connectivity index (χ4n) is 2.08. The van der Waals surface area contributed by atoms with Crippen LogP contribution >= 0.6 is 0 Å². The standard InChI is InChI=1S/C16H15NO3/c1-11-6-5-7-12(10-11)13-8-3-4-9-14(13)17(2)15(18)16(19)20/h3-10H,1-2H3,(H,19,20). The molecule has 2 aromatic rings. The van der Waals surface area contributed by atoms with Gasteiger partial charge < -0.3 is 10.0 Å². The molecule has 0 heterocycles. The summed E-state index contributed by atoms with van der Waals surface area (Å²) in [6.45, 7) is 1.98. The van der Waals surface area contributed by atoms with Crippen molar-refractivity contribution in [1.82, 2.24) is 0 Å². The lowest BCUT2D eigenvalue weighted by Gasteiger charge is -2.19. The van der Waals surface area contributed by atoms with Gasteiger partial charge in [-0.3, -0.25) is 4.79 Å². The molecule has 102 valence electrons. The molecule has 20 heavy (non-hydrogen) atoms. The van der Waals surface area contributed by atoms with E-state index in [9.17, 15) is 9.59 Å². The Balaban J connectivity index is 2.51. The second-order valence-corrected chi connectivity index (χ2v) is 4.56. The number of hydrogen-bond donors (Lipinski definition) is 1. The van der Waals surface area contributed by atoms with Crippen LogP contribution in [-0.4, -0.2) is 24.0 Å². The minimum absolute atomic E-state index is 0.575. The molecule has 0 aliphatic carbocycles. The topological polar surface area (TPSA) is 57.6 Å². The van der Waals surface area contributed by atoms with Crippen molar-refractivity contribution in [3.8, 4) is 11.1 Å². The summed E-state index contributed by atoms with van der Waals surface area (Å²) >= 11 is 0. The smallest absolute Gasteiger partial charge is 0.394 e. The highest BCUT2D eigenvalue weighted by Crippen LogP contribution is 2.30.